The van der Waals surface area contributed by atoms with E-state index in [1.54, 1.807) is 30.7 Å². The quantitative estimate of drug-likeness (QED) is 0.339. The molecular weight excluding hydrogens is 424 g/mol. The molecule has 2 atom stereocenters. The van der Waals surface area contributed by atoms with Crippen molar-refractivity contribution in [3.05, 3.63) is 56.4 Å². The van der Waals surface area contributed by atoms with Gasteiger partial charge in [-0.1, -0.05) is 39.8 Å². The van der Waals surface area contributed by atoms with Gasteiger partial charge in [0.2, 0.25) is 0 Å². The average Bonchev–Trinajstić information content (AvgIpc) is 3.10. The fourth-order valence-electron chi connectivity index (χ4n) is 3.78. The largest absolute Gasteiger partial charge is 0.463 e. The molecule has 1 heterocycles. The molecular formula is C24H38N2O5Si. The zero-order valence-corrected chi connectivity index (χ0v) is 21.7. The molecule has 0 radical (unpaired) electrons. The first-order valence-electron chi connectivity index (χ1n) is 11.3. The maximum Gasteiger partial charge on any atom is 0.330 e. The minimum atomic E-state index is -2.04. The van der Waals surface area contributed by atoms with Gasteiger partial charge in [-0.15, -0.1) is 0 Å². The van der Waals surface area contributed by atoms with Crippen LogP contribution in [0.3, 0.4) is 0 Å². The normalized spacial score (nSPS) is 19.6. The summed E-state index contributed by atoms with van der Waals surface area (Å²) in [5, 5.41) is 0.0859. The Morgan fingerprint density at radius 2 is 2.00 bits per heavy atom. The molecule has 1 aliphatic carbocycles. The van der Waals surface area contributed by atoms with Gasteiger partial charge < -0.3 is 9.16 Å². The van der Waals surface area contributed by atoms with Crippen LogP contribution >= 0.6 is 0 Å². The lowest BCUT2D eigenvalue weighted by Gasteiger charge is -2.43. The van der Waals surface area contributed by atoms with Crippen molar-refractivity contribution in [2.24, 2.45) is 11.8 Å². The summed E-state index contributed by atoms with van der Waals surface area (Å²) < 4.78 is 13.1. The highest BCUT2D eigenvalue weighted by molar-refractivity contribution is 6.74. The van der Waals surface area contributed by atoms with Crippen molar-refractivity contribution < 1.29 is 14.0 Å². The Hall–Kier alpha value is -2.19. The molecule has 0 fully saturated rings. The second kappa shape index (κ2) is 10.2. The van der Waals surface area contributed by atoms with Gasteiger partial charge in [-0.25, -0.2) is 9.59 Å². The number of rotatable bonds is 9. The van der Waals surface area contributed by atoms with Crippen molar-refractivity contribution in [1.29, 1.82) is 0 Å². The summed E-state index contributed by atoms with van der Waals surface area (Å²) in [5.74, 6) is 0.116. The number of aromatic amines is 1. The third-order valence-corrected chi connectivity index (χ3v) is 11.8. The van der Waals surface area contributed by atoms with Crippen molar-refractivity contribution in [2.45, 2.75) is 72.1 Å². The minimum absolute atomic E-state index is 0.0274. The average molecular weight is 463 g/mol. The van der Waals surface area contributed by atoms with Crippen LogP contribution in [-0.4, -0.2) is 37.1 Å². The molecule has 0 spiro atoms. The van der Waals surface area contributed by atoms with E-state index < -0.39 is 20.0 Å². The van der Waals surface area contributed by atoms with Crippen LogP contribution in [-0.2, 0) is 14.0 Å². The molecule has 0 aliphatic heterocycles. The third kappa shape index (κ3) is 5.78. The Balaban J connectivity index is 2.32. The summed E-state index contributed by atoms with van der Waals surface area (Å²) >= 11 is 0. The fraction of sp³-hybridized carbons (Fsp3) is 0.625. The summed E-state index contributed by atoms with van der Waals surface area (Å²) in [6, 6.07) is -0.226. The Kier molecular flexibility index (Phi) is 8.28. The van der Waals surface area contributed by atoms with Gasteiger partial charge >= 0.3 is 11.7 Å². The van der Waals surface area contributed by atoms with Crippen LogP contribution in [0.15, 0.2) is 39.6 Å². The van der Waals surface area contributed by atoms with Crippen LogP contribution in [0.1, 0.15) is 52.6 Å². The number of aryl methyl sites for hydroxylation is 1. The van der Waals surface area contributed by atoms with Crippen LogP contribution in [0.4, 0.5) is 0 Å². The number of nitrogens with one attached hydrogen (secondary N) is 1. The standard InChI is InChI=1S/C24H38N2O5Si/c1-9-30-21(27)11-10-18-12-20(26-14-17(4)22(28)25-23(26)29)13-19(18)15-31-32(7,8)24(5,6)16(2)3/h10-12,14,16,19-20H,9,13,15H2,1-8H3,(H,25,28,29)/t19-,20+/m1/s1. The lowest BCUT2D eigenvalue weighted by Crippen LogP contribution is -2.46. The van der Waals surface area contributed by atoms with Crippen LogP contribution in [0, 0.1) is 18.8 Å². The zero-order valence-electron chi connectivity index (χ0n) is 20.7. The number of H-pyrrole nitrogens is 1. The van der Waals surface area contributed by atoms with E-state index >= 15 is 0 Å². The first-order valence-corrected chi connectivity index (χ1v) is 14.2. The number of hydrogen-bond donors (Lipinski definition) is 1. The number of esters is 1. The molecule has 0 aromatic carbocycles. The van der Waals surface area contributed by atoms with Gasteiger partial charge in [0, 0.05) is 30.4 Å². The maximum atomic E-state index is 12.4. The Labute approximate surface area is 191 Å². The molecule has 1 aliphatic rings. The summed E-state index contributed by atoms with van der Waals surface area (Å²) in [4.78, 5) is 38.4. The highest BCUT2D eigenvalue weighted by atomic mass is 28.4. The van der Waals surface area contributed by atoms with Crippen LogP contribution in [0.5, 0.6) is 0 Å². The summed E-state index contributed by atoms with van der Waals surface area (Å²) in [5.41, 5.74) is 0.603. The molecule has 1 N–H and O–H groups in total. The molecule has 2 rings (SSSR count). The highest BCUT2D eigenvalue weighted by Gasteiger charge is 2.44. The van der Waals surface area contributed by atoms with E-state index in [4.69, 9.17) is 9.16 Å². The van der Waals surface area contributed by atoms with E-state index in [9.17, 15) is 14.4 Å². The maximum absolute atomic E-state index is 12.4. The summed E-state index contributed by atoms with van der Waals surface area (Å²) in [6.45, 7) is 17.7. The number of allylic oxidation sites excluding steroid dienone is 2. The van der Waals surface area contributed by atoms with Gasteiger partial charge in [-0.05, 0) is 49.9 Å². The van der Waals surface area contributed by atoms with Gasteiger partial charge in [0.25, 0.3) is 5.56 Å². The predicted octanol–water partition coefficient (Wildman–Crippen LogP) is 4.11. The predicted molar refractivity (Wildman–Crippen MR) is 129 cm³/mol. The lowest BCUT2D eigenvalue weighted by atomic mass is 9.99. The molecule has 7 nitrogen and oxygen atoms in total. The lowest BCUT2D eigenvalue weighted by molar-refractivity contribution is -0.137. The van der Waals surface area contributed by atoms with E-state index in [1.165, 1.54) is 6.08 Å². The first-order chi connectivity index (χ1) is 14.8. The summed E-state index contributed by atoms with van der Waals surface area (Å²) in [7, 11) is -2.04. The number of carbonyl (C=O) groups is 1. The third-order valence-electron chi connectivity index (χ3n) is 7.22. The Morgan fingerprint density at radius 3 is 2.59 bits per heavy atom. The van der Waals surface area contributed by atoms with E-state index in [-0.39, 0.29) is 22.6 Å². The molecule has 178 valence electrons. The van der Waals surface area contributed by atoms with Crippen molar-refractivity contribution in [3.8, 4) is 0 Å². The van der Waals surface area contributed by atoms with Crippen molar-refractivity contribution in [3.63, 3.8) is 0 Å². The van der Waals surface area contributed by atoms with Gasteiger partial charge in [-0.3, -0.25) is 14.3 Å². The SMILES string of the molecule is CCOC(=O)C=CC1=C[C@H](n2cc(C)c(=O)[nH]c2=O)C[C@@H]1CO[Si](C)(C)C(C)(C)C(C)C. The molecule has 8 heteroatoms. The van der Waals surface area contributed by atoms with Gasteiger partial charge in [0.1, 0.15) is 0 Å². The molecule has 1 aromatic heterocycles. The summed E-state index contributed by atoms with van der Waals surface area (Å²) in [6.07, 6.45) is 7.41. The van der Waals surface area contributed by atoms with E-state index in [2.05, 4.69) is 45.8 Å². The van der Waals surface area contributed by atoms with Crippen LogP contribution in [0.25, 0.3) is 0 Å². The van der Waals surface area contributed by atoms with Crippen LogP contribution in [0.2, 0.25) is 18.1 Å². The van der Waals surface area contributed by atoms with Gasteiger partial charge in [0.05, 0.1) is 12.6 Å². The van der Waals surface area contributed by atoms with E-state index in [0.717, 1.165) is 5.57 Å². The van der Waals surface area contributed by atoms with Gasteiger partial charge in [0.15, 0.2) is 8.32 Å². The molecule has 0 amide bonds. The minimum Gasteiger partial charge on any atom is -0.463 e. The number of hydrogen-bond acceptors (Lipinski definition) is 5. The van der Waals surface area contributed by atoms with Crippen molar-refractivity contribution >= 4 is 14.3 Å². The zero-order chi connectivity index (χ0) is 24.3. The van der Waals surface area contributed by atoms with E-state index in [0.29, 0.717) is 31.1 Å². The van der Waals surface area contributed by atoms with Crippen LogP contribution < -0.4 is 11.2 Å². The monoisotopic (exact) mass is 462 g/mol. The number of ether oxygens (including phenoxy) is 1. The van der Waals surface area contributed by atoms with E-state index in [1.807, 2.05) is 6.08 Å². The molecule has 0 saturated carbocycles. The van der Waals surface area contributed by atoms with Crippen molar-refractivity contribution in [1.82, 2.24) is 9.55 Å². The molecule has 0 bridgehead atoms. The number of carbonyl (C=O) groups excluding carboxylic acids is 1. The van der Waals surface area contributed by atoms with Crippen molar-refractivity contribution in [2.75, 3.05) is 13.2 Å². The Morgan fingerprint density at radius 1 is 1.34 bits per heavy atom. The second-order valence-corrected chi connectivity index (χ2v) is 14.5. The smallest absolute Gasteiger partial charge is 0.330 e. The molecule has 1 aromatic rings. The molecule has 0 saturated heterocycles. The van der Waals surface area contributed by atoms with Gasteiger partial charge in [-0.2, -0.15) is 0 Å². The molecule has 0 unspecified atom stereocenters. The molecule has 32 heavy (non-hydrogen) atoms. The second-order valence-electron chi connectivity index (χ2n) is 9.93. The first kappa shape index (κ1) is 26.1. The fourth-order valence-corrected chi connectivity index (χ4v) is 6.16. The number of aromatic nitrogens is 2. The highest BCUT2D eigenvalue weighted by Crippen LogP contribution is 2.45. The number of nitrogens with zero attached hydrogens (tertiary/aromatic N) is 1. The Bertz CT molecular complexity index is 1000. The topological polar surface area (TPSA) is 90.4 Å².